The second-order valence-corrected chi connectivity index (χ2v) is 9.34. The summed E-state index contributed by atoms with van der Waals surface area (Å²) in [4.78, 5) is 26.4. The molecule has 6 heteroatoms. The molecule has 2 aromatic rings. The van der Waals surface area contributed by atoms with Crippen molar-refractivity contribution in [1.29, 1.82) is 0 Å². The summed E-state index contributed by atoms with van der Waals surface area (Å²) in [5, 5.41) is 16.7. The first-order valence-corrected chi connectivity index (χ1v) is 11.7. The van der Waals surface area contributed by atoms with Gasteiger partial charge in [0.05, 0.1) is 18.1 Å². The third kappa shape index (κ3) is 3.61. The predicted octanol–water partition coefficient (Wildman–Crippen LogP) is 2.93. The van der Waals surface area contributed by atoms with E-state index in [1.54, 1.807) is 0 Å². The summed E-state index contributed by atoms with van der Waals surface area (Å²) in [5.41, 5.74) is 3.99. The smallest absolute Gasteiger partial charge is 0.258 e. The molecule has 1 aliphatic carbocycles. The van der Waals surface area contributed by atoms with Crippen LogP contribution in [0.15, 0.2) is 53.3 Å². The van der Waals surface area contributed by atoms with Crippen molar-refractivity contribution < 1.29 is 9.90 Å². The molecule has 1 fully saturated rings. The summed E-state index contributed by atoms with van der Waals surface area (Å²) in [7, 11) is 0. The van der Waals surface area contributed by atoms with Crippen molar-refractivity contribution in [2.75, 3.05) is 6.61 Å². The molecule has 6 nitrogen and oxygen atoms in total. The first kappa shape index (κ1) is 21.2. The van der Waals surface area contributed by atoms with E-state index in [9.17, 15) is 14.7 Å². The fraction of sp³-hybridized carbons (Fsp3) is 0.462. The van der Waals surface area contributed by atoms with Gasteiger partial charge in [-0.2, -0.15) is 0 Å². The SMILES string of the molecule is C[C@H](NC(=O)[C@H]1N[C@H]2c3ccc(C4=CCCCC4)c(=O)n3C[C@H]2[C@@H]1CO)c1ccccc1. The van der Waals surface area contributed by atoms with Crippen LogP contribution in [0.1, 0.15) is 61.5 Å². The zero-order valence-corrected chi connectivity index (χ0v) is 18.5. The topological polar surface area (TPSA) is 83.4 Å². The molecule has 1 saturated heterocycles. The molecule has 0 spiro atoms. The highest BCUT2D eigenvalue weighted by molar-refractivity contribution is 5.83. The lowest BCUT2D eigenvalue weighted by Crippen LogP contribution is -2.46. The van der Waals surface area contributed by atoms with Crippen LogP contribution in [0.25, 0.3) is 5.57 Å². The lowest BCUT2D eigenvalue weighted by molar-refractivity contribution is -0.125. The highest BCUT2D eigenvalue weighted by Gasteiger charge is 2.50. The molecule has 1 aromatic carbocycles. The van der Waals surface area contributed by atoms with Gasteiger partial charge in [-0.1, -0.05) is 36.4 Å². The molecule has 5 atom stereocenters. The summed E-state index contributed by atoms with van der Waals surface area (Å²) in [6.07, 6.45) is 6.51. The number of carbonyl (C=O) groups excluding carboxylic acids is 1. The predicted molar refractivity (Wildman–Crippen MR) is 124 cm³/mol. The van der Waals surface area contributed by atoms with E-state index in [2.05, 4.69) is 16.7 Å². The van der Waals surface area contributed by atoms with Crippen LogP contribution < -0.4 is 16.2 Å². The highest BCUT2D eigenvalue weighted by atomic mass is 16.3. The Kier molecular flexibility index (Phi) is 5.74. The maximum atomic E-state index is 13.3. The average Bonchev–Trinajstić information content (AvgIpc) is 3.37. The van der Waals surface area contributed by atoms with Gasteiger partial charge in [0, 0.05) is 36.2 Å². The lowest BCUT2D eigenvalue weighted by atomic mass is 9.88. The van der Waals surface area contributed by atoms with Crippen molar-refractivity contribution in [3.63, 3.8) is 0 Å². The fourth-order valence-electron chi connectivity index (χ4n) is 5.71. The van der Waals surface area contributed by atoms with E-state index in [0.29, 0.717) is 6.54 Å². The van der Waals surface area contributed by atoms with Gasteiger partial charge in [-0.3, -0.25) is 14.9 Å². The molecular formula is C26H31N3O3. The molecule has 1 aromatic heterocycles. The number of aliphatic hydroxyl groups is 1. The van der Waals surface area contributed by atoms with Gasteiger partial charge in [-0.15, -0.1) is 0 Å². The number of pyridine rings is 1. The Balaban J connectivity index is 1.37. The molecule has 3 heterocycles. The van der Waals surface area contributed by atoms with Crippen LogP contribution in [0, 0.1) is 11.8 Å². The van der Waals surface area contributed by atoms with Crippen molar-refractivity contribution in [2.45, 2.75) is 57.3 Å². The molecule has 3 aliphatic rings. The maximum Gasteiger partial charge on any atom is 0.258 e. The van der Waals surface area contributed by atoms with Gasteiger partial charge in [-0.05, 0) is 55.9 Å². The van der Waals surface area contributed by atoms with Crippen LogP contribution in [-0.4, -0.2) is 28.2 Å². The number of aromatic nitrogens is 1. The molecular weight excluding hydrogens is 402 g/mol. The number of rotatable bonds is 5. The Hall–Kier alpha value is -2.70. The molecule has 168 valence electrons. The number of amides is 1. The number of aliphatic hydroxyl groups excluding tert-OH is 1. The molecule has 0 bridgehead atoms. The van der Waals surface area contributed by atoms with E-state index in [0.717, 1.165) is 41.7 Å². The zero-order valence-electron chi connectivity index (χ0n) is 18.5. The molecule has 0 unspecified atom stereocenters. The van der Waals surface area contributed by atoms with E-state index in [1.165, 1.54) is 6.42 Å². The second-order valence-electron chi connectivity index (χ2n) is 9.34. The maximum absolute atomic E-state index is 13.3. The van der Waals surface area contributed by atoms with Gasteiger partial charge in [-0.25, -0.2) is 0 Å². The zero-order chi connectivity index (χ0) is 22.2. The van der Waals surface area contributed by atoms with E-state index < -0.39 is 6.04 Å². The number of hydrogen-bond donors (Lipinski definition) is 3. The average molecular weight is 434 g/mol. The summed E-state index contributed by atoms with van der Waals surface area (Å²) in [6, 6.07) is 13.1. The van der Waals surface area contributed by atoms with Gasteiger partial charge in [0.15, 0.2) is 0 Å². The van der Waals surface area contributed by atoms with Crippen molar-refractivity contribution in [1.82, 2.24) is 15.2 Å². The molecule has 0 saturated carbocycles. The first-order chi connectivity index (χ1) is 15.6. The normalized spacial score (nSPS) is 27.4. The van der Waals surface area contributed by atoms with E-state index in [4.69, 9.17) is 0 Å². The number of nitrogens with zero attached hydrogens (tertiary/aromatic N) is 1. The second kappa shape index (κ2) is 8.68. The largest absolute Gasteiger partial charge is 0.396 e. The summed E-state index contributed by atoms with van der Waals surface area (Å²) in [5.74, 6) is -0.321. The monoisotopic (exact) mass is 433 g/mol. The standard InChI is InChI=1S/C26H31N3O3/c1-16(17-8-4-2-5-9-17)27-25(31)24-21(15-30)20-14-29-22(23(20)28-24)13-12-19(26(29)32)18-10-6-3-7-11-18/h2,4-5,8-10,12-13,16,20-21,23-24,28,30H,3,6-7,11,14-15H2,1H3,(H,27,31)/t16-,20-,21-,23+,24-/m0/s1. The molecule has 32 heavy (non-hydrogen) atoms. The summed E-state index contributed by atoms with van der Waals surface area (Å²) < 4.78 is 1.86. The Morgan fingerprint density at radius 3 is 2.75 bits per heavy atom. The van der Waals surface area contributed by atoms with Gasteiger partial charge >= 0.3 is 0 Å². The Morgan fingerprint density at radius 2 is 2.03 bits per heavy atom. The number of benzene rings is 1. The Labute approximate surface area is 188 Å². The van der Waals surface area contributed by atoms with Gasteiger partial charge in [0.25, 0.3) is 5.56 Å². The van der Waals surface area contributed by atoms with Crippen LogP contribution in [-0.2, 0) is 11.3 Å². The van der Waals surface area contributed by atoms with Gasteiger partial charge in [0.2, 0.25) is 5.91 Å². The van der Waals surface area contributed by atoms with Crippen molar-refractivity contribution in [2.24, 2.45) is 11.8 Å². The fourth-order valence-corrected chi connectivity index (χ4v) is 5.71. The molecule has 2 aliphatic heterocycles. The van der Waals surface area contributed by atoms with Crippen LogP contribution in [0.3, 0.4) is 0 Å². The number of nitrogens with one attached hydrogen (secondary N) is 2. The minimum absolute atomic E-state index is 0.0195. The van der Waals surface area contributed by atoms with Crippen LogP contribution >= 0.6 is 0 Å². The van der Waals surface area contributed by atoms with Crippen LogP contribution in [0.5, 0.6) is 0 Å². The number of hydrogen-bond acceptors (Lipinski definition) is 4. The Morgan fingerprint density at radius 1 is 1.22 bits per heavy atom. The number of carbonyl (C=O) groups is 1. The Bertz CT molecular complexity index is 1090. The van der Waals surface area contributed by atoms with Crippen molar-refractivity contribution in [3.05, 3.63) is 75.7 Å². The van der Waals surface area contributed by atoms with E-state index in [1.807, 2.05) is 54.0 Å². The minimum atomic E-state index is -0.481. The molecule has 1 amide bonds. The highest BCUT2D eigenvalue weighted by Crippen LogP contribution is 2.43. The third-order valence-electron chi connectivity index (χ3n) is 7.47. The molecule has 3 N–H and O–H groups in total. The summed E-state index contributed by atoms with van der Waals surface area (Å²) in [6.45, 7) is 2.41. The third-order valence-corrected chi connectivity index (χ3v) is 7.47. The number of fused-ring (bicyclic) bond motifs is 3. The quantitative estimate of drug-likeness (QED) is 0.677. The summed E-state index contributed by atoms with van der Waals surface area (Å²) >= 11 is 0. The molecule has 0 radical (unpaired) electrons. The minimum Gasteiger partial charge on any atom is -0.396 e. The number of allylic oxidation sites excluding steroid dienone is 2. The van der Waals surface area contributed by atoms with E-state index >= 15 is 0 Å². The first-order valence-electron chi connectivity index (χ1n) is 11.7. The van der Waals surface area contributed by atoms with Crippen LogP contribution in [0.4, 0.5) is 0 Å². The van der Waals surface area contributed by atoms with Crippen molar-refractivity contribution >= 4 is 11.5 Å². The lowest BCUT2D eigenvalue weighted by Gasteiger charge is -2.23. The van der Waals surface area contributed by atoms with Crippen molar-refractivity contribution in [3.8, 4) is 0 Å². The molecule has 5 rings (SSSR count). The van der Waals surface area contributed by atoms with Gasteiger partial charge in [0.1, 0.15) is 0 Å². The van der Waals surface area contributed by atoms with Crippen LogP contribution in [0.2, 0.25) is 0 Å². The van der Waals surface area contributed by atoms with Gasteiger partial charge < -0.3 is 15.0 Å². The van der Waals surface area contributed by atoms with E-state index in [-0.39, 0.29) is 42.0 Å².